The second-order valence-corrected chi connectivity index (χ2v) is 5.20. The fraction of sp³-hybridized carbons (Fsp3) is 0.538. The number of rotatable bonds is 1. The van der Waals surface area contributed by atoms with Crippen molar-refractivity contribution in [2.24, 2.45) is 0 Å². The maximum Gasteiger partial charge on any atom is 0.0686 e. The molecule has 16 heavy (non-hydrogen) atoms. The van der Waals surface area contributed by atoms with Crippen LogP contribution in [0.15, 0.2) is 12.1 Å². The van der Waals surface area contributed by atoms with Crippen molar-refractivity contribution in [3.05, 3.63) is 28.3 Å². The Kier molecular flexibility index (Phi) is 2.37. The lowest BCUT2D eigenvalue weighted by molar-refractivity contribution is 0.188. The van der Waals surface area contributed by atoms with Gasteiger partial charge in [-0.1, -0.05) is 24.6 Å². The van der Waals surface area contributed by atoms with Crippen LogP contribution in [0.4, 0.5) is 5.69 Å². The molecule has 0 spiro atoms. The number of halogens is 1. The fourth-order valence-corrected chi connectivity index (χ4v) is 3.70. The average Bonchev–Trinajstić information content (AvgIpc) is 2.57. The van der Waals surface area contributed by atoms with E-state index in [0.717, 1.165) is 29.7 Å². The number of nitrogens with two attached hydrogens (primary N) is 1. The minimum Gasteiger partial charge on any atom is -0.398 e. The lowest BCUT2D eigenvalue weighted by Gasteiger charge is -2.36. The normalized spacial score (nSPS) is 28.1. The average molecular weight is 237 g/mol. The minimum absolute atomic E-state index is 0.509. The molecule has 2 aliphatic rings. The summed E-state index contributed by atoms with van der Waals surface area (Å²) in [4.78, 5) is 2.58. The Hall–Kier alpha value is -0.730. The van der Waals surface area contributed by atoms with Gasteiger partial charge in [-0.25, -0.2) is 0 Å². The SMILES string of the molecule is CCN1C2CCC1c1c(ccc(N)c1Cl)C2. The van der Waals surface area contributed by atoms with Crippen molar-refractivity contribution in [3.8, 4) is 0 Å². The molecule has 1 saturated heterocycles. The molecule has 3 heteroatoms. The van der Waals surface area contributed by atoms with Crippen LogP contribution in [-0.2, 0) is 6.42 Å². The van der Waals surface area contributed by atoms with Crippen molar-refractivity contribution < 1.29 is 0 Å². The molecule has 0 saturated carbocycles. The standard InChI is InChI=1S/C13H17ClN2/c1-2-16-9-4-6-11(16)12-8(7-9)3-5-10(15)13(12)14/h3,5,9,11H,2,4,6-7,15H2,1H3. The van der Waals surface area contributed by atoms with E-state index in [1.807, 2.05) is 6.07 Å². The first-order valence-electron chi connectivity index (χ1n) is 6.05. The fourth-order valence-electron chi connectivity index (χ4n) is 3.39. The Morgan fingerprint density at radius 1 is 1.44 bits per heavy atom. The highest BCUT2D eigenvalue weighted by molar-refractivity contribution is 6.34. The van der Waals surface area contributed by atoms with Gasteiger partial charge in [-0.2, -0.15) is 0 Å². The van der Waals surface area contributed by atoms with Gasteiger partial charge in [-0.15, -0.1) is 0 Å². The molecule has 1 aromatic rings. The third-order valence-electron chi connectivity index (χ3n) is 4.10. The summed E-state index contributed by atoms with van der Waals surface area (Å²) in [7, 11) is 0. The van der Waals surface area contributed by atoms with Gasteiger partial charge in [0.05, 0.1) is 10.7 Å². The van der Waals surface area contributed by atoms with Crippen molar-refractivity contribution in [1.29, 1.82) is 0 Å². The largest absolute Gasteiger partial charge is 0.398 e. The predicted octanol–water partition coefficient (Wildman–Crippen LogP) is 3.00. The molecule has 2 atom stereocenters. The van der Waals surface area contributed by atoms with E-state index in [4.69, 9.17) is 17.3 Å². The van der Waals surface area contributed by atoms with E-state index in [1.54, 1.807) is 0 Å². The van der Waals surface area contributed by atoms with E-state index in [1.165, 1.54) is 24.0 Å². The highest BCUT2D eigenvalue weighted by Gasteiger charge is 2.40. The van der Waals surface area contributed by atoms with Crippen LogP contribution in [0.5, 0.6) is 0 Å². The zero-order valence-corrected chi connectivity index (χ0v) is 10.3. The summed E-state index contributed by atoms with van der Waals surface area (Å²) in [6, 6.07) is 5.34. The molecule has 2 aliphatic heterocycles. The molecule has 2 bridgehead atoms. The lowest BCUT2D eigenvalue weighted by atomic mass is 9.92. The minimum atomic E-state index is 0.509. The maximum atomic E-state index is 6.37. The third kappa shape index (κ3) is 1.30. The highest BCUT2D eigenvalue weighted by Crippen LogP contribution is 2.47. The van der Waals surface area contributed by atoms with Gasteiger partial charge in [0, 0.05) is 12.1 Å². The number of hydrogen-bond acceptors (Lipinski definition) is 2. The molecule has 1 aromatic carbocycles. The predicted molar refractivity (Wildman–Crippen MR) is 67.7 cm³/mol. The summed E-state index contributed by atoms with van der Waals surface area (Å²) >= 11 is 6.37. The van der Waals surface area contributed by atoms with Gasteiger partial charge >= 0.3 is 0 Å². The number of likely N-dealkylation sites (N-methyl/N-ethyl adjacent to an activating group) is 1. The van der Waals surface area contributed by atoms with Crippen LogP contribution < -0.4 is 5.73 Å². The number of benzene rings is 1. The van der Waals surface area contributed by atoms with Gasteiger partial charge in [0.2, 0.25) is 0 Å². The van der Waals surface area contributed by atoms with Crippen LogP contribution in [0.1, 0.15) is 36.9 Å². The summed E-state index contributed by atoms with van der Waals surface area (Å²) in [5, 5.41) is 0.793. The van der Waals surface area contributed by atoms with Crippen molar-refractivity contribution in [2.45, 2.75) is 38.3 Å². The Morgan fingerprint density at radius 3 is 3.00 bits per heavy atom. The van der Waals surface area contributed by atoms with Gasteiger partial charge in [0.25, 0.3) is 0 Å². The first kappa shape index (κ1) is 10.4. The molecule has 86 valence electrons. The lowest BCUT2D eigenvalue weighted by Crippen LogP contribution is -2.37. The summed E-state index contributed by atoms with van der Waals surface area (Å²) in [5.41, 5.74) is 9.35. The molecule has 3 rings (SSSR count). The Labute approximate surface area is 101 Å². The van der Waals surface area contributed by atoms with E-state index in [0.29, 0.717) is 6.04 Å². The van der Waals surface area contributed by atoms with Gasteiger partial charge in [0.1, 0.15) is 0 Å². The second kappa shape index (κ2) is 3.64. The maximum absolute atomic E-state index is 6.37. The zero-order valence-electron chi connectivity index (χ0n) is 9.54. The second-order valence-electron chi connectivity index (χ2n) is 4.82. The van der Waals surface area contributed by atoms with Gasteiger partial charge in [0.15, 0.2) is 0 Å². The number of fused-ring (bicyclic) bond motifs is 4. The quantitative estimate of drug-likeness (QED) is 0.760. The molecule has 2 N–H and O–H groups in total. The molecule has 0 amide bonds. The molecular weight excluding hydrogens is 220 g/mol. The molecule has 0 aliphatic carbocycles. The Balaban J connectivity index is 2.14. The third-order valence-corrected chi connectivity index (χ3v) is 4.52. The van der Waals surface area contributed by atoms with Crippen molar-refractivity contribution in [1.82, 2.24) is 4.90 Å². The molecular formula is C13H17ClN2. The summed E-state index contributed by atoms with van der Waals surface area (Å²) in [5.74, 6) is 0. The first-order chi connectivity index (χ1) is 7.72. The van der Waals surface area contributed by atoms with Crippen molar-refractivity contribution in [2.75, 3.05) is 12.3 Å². The van der Waals surface area contributed by atoms with Crippen LogP contribution in [0.2, 0.25) is 5.02 Å². The number of hydrogen-bond donors (Lipinski definition) is 1. The molecule has 0 aromatic heterocycles. The number of anilines is 1. The van der Waals surface area contributed by atoms with Crippen LogP contribution in [0.25, 0.3) is 0 Å². The first-order valence-corrected chi connectivity index (χ1v) is 6.42. The van der Waals surface area contributed by atoms with Gasteiger partial charge < -0.3 is 5.73 Å². The summed E-state index contributed by atoms with van der Waals surface area (Å²) in [6.07, 6.45) is 3.66. The Bertz CT molecular complexity index is 430. The van der Waals surface area contributed by atoms with E-state index < -0.39 is 0 Å². The molecule has 0 radical (unpaired) electrons. The molecule has 1 fully saturated rings. The molecule has 2 heterocycles. The van der Waals surface area contributed by atoms with Crippen LogP contribution in [0.3, 0.4) is 0 Å². The topological polar surface area (TPSA) is 29.3 Å². The van der Waals surface area contributed by atoms with E-state index in [9.17, 15) is 0 Å². The Morgan fingerprint density at radius 2 is 2.25 bits per heavy atom. The molecule has 2 nitrogen and oxygen atoms in total. The smallest absolute Gasteiger partial charge is 0.0686 e. The molecule has 2 unspecified atom stereocenters. The highest BCUT2D eigenvalue weighted by atomic mass is 35.5. The van der Waals surface area contributed by atoms with Crippen molar-refractivity contribution in [3.63, 3.8) is 0 Å². The van der Waals surface area contributed by atoms with E-state index >= 15 is 0 Å². The summed E-state index contributed by atoms with van der Waals surface area (Å²) in [6.45, 7) is 3.34. The summed E-state index contributed by atoms with van der Waals surface area (Å²) < 4.78 is 0. The van der Waals surface area contributed by atoms with Crippen LogP contribution in [-0.4, -0.2) is 17.5 Å². The van der Waals surface area contributed by atoms with Gasteiger partial charge in [-0.05, 0) is 43.0 Å². The monoisotopic (exact) mass is 236 g/mol. The van der Waals surface area contributed by atoms with Crippen molar-refractivity contribution >= 4 is 17.3 Å². The van der Waals surface area contributed by atoms with Crippen LogP contribution in [0, 0.1) is 0 Å². The number of nitrogen functional groups attached to an aromatic ring is 1. The number of nitrogens with zero attached hydrogens (tertiary/aromatic N) is 1. The van der Waals surface area contributed by atoms with Gasteiger partial charge in [-0.3, -0.25) is 4.90 Å². The van der Waals surface area contributed by atoms with E-state index in [-0.39, 0.29) is 0 Å². The zero-order chi connectivity index (χ0) is 11.3. The van der Waals surface area contributed by atoms with E-state index in [2.05, 4.69) is 17.9 Å². The van der Waals surface area contributed by atoms with Crippen LogP contribution >= 0.6 is 11.6 Å².